The van der Waals surface area contributed by atoms with Crippen molar-refractivity contribution in [3.05, 3.63) is 0 Å². The summed E-state index contributed by atoms with van der Waals surface area (Å²) in [4.78, 5) is 27.7. The predicted octanol–water partition coefficient (Wildman–Crippen LogP) is 5.27. The molecular formula is C22H39NO4S. The lowest BCUT2D eigenvalue weighted by atomic mass is 9.76. The minimum Gasteiger partial charge on any atom is -0.460 e. The molecule has 3 atom stereocenters. The number of ether oxygens (including phenoxy) is 2. The van der Waals surface area contributed by atoms with Crippen LogP contribution in [0.3, 0.4) is 0 Å². The Morgan fingerprint density at radius 2 is 1.68 bits per heavy atom. The Balaban J connectivity index is 2.29. The van der Waals surface area contributed by atoms with Crippen LogP contribution in [0.1, 0.15) is 81.1 Å². The number of hydrogen-bond acceptors (Lipinski definition) is 5. The number of carbonyl (C=O) groups is 2. The van der Waals surface area contributed by atoms with Gasteiger partial charge in [-0.1, -0.05) is 13.8 Å². The van der Waals surface area contributed by atoms with Gasteiger partial charge in [-0.15, -0.1) is 0 Å². The van der Waals surface area contributed by atoms with Crippen molar-refractivity contribution in [2.24, 2.45) is 11.8 Å². The Morgan fingerprint density at radius 3 is 2.14 bits per heavy atom. The molecule has 28 heavy (non-hydrogen) atoms. The lowest BCUT2D eigenvalue weighted by Gasteiger charge is -2.49. The minimum absolute atomic E-state index is 0.0129. The zero-order valence-electron chi connectivity index (χ0n) is 19.0. The van der Waals surface area contributed by atoms with Crippen LogP contribution in [-0.4, -0.2) is 51.3 Å². The second kappa shape index (κ2) is 8.45. The molecule has 3 unspecified atom stereocenters. The van der Waals surface area contributed by atoms with Crippen molar-refractivity contribution in [3.8, 4) is 0 Å². The van der Waals surface area contributed by atoms with Gasteiger partial charge in [0.25, 0.3) is 0 Å². The molecule has 0 radical (unpaired) electrons. The van der Waals surface area contributed by atoms with Gasteiger partial charge < -0.3 is 14.4 Å². The second-order valence-corrected chi connectivity index (χ2v) is 12.0. The van der Waals surface area contributed by atoms with E-state index < -0.39 is 11.2 Å². The molecule has 162 valence electrons. The third-order valence-electron chi connectivity index (χ3n) is 5.59. The van der Waals surface area contributed by atoms with Gasteiger partial charge in [0.2, 0.25) is 0 Å². The number of piperidine rings is 1. The van der Waals surface area contributed by atoms with Gasteiger partial charge in [-0.3, -0.25) is 4.79 Å². The molecular weight excluding hydrogens is 374 g/mol. The first-order chi connectivity index (χ1) is 12.8. The first-order valence-corrected chi connectivity index (χ1v) is 11.6. The van der Waals surface area contributed by atoms with E-state index in [1.54, 1.807) is 0 Å². The van der Waals surface area contributed by atoms with Crippen LogP contribution in [0.25, 0.3) is 0 Å². The average molecular weight is 414 g/mol. The highest BCUT2D eigenvalue weighted by Crippen LogP contribution is 2.51. The van der Waals surface area contributed by atoms with E-state index in [-0.39, 0.29) is 28.8 Å². The van der Waals surface area contributed by atoms with Crippen LogP contribution < -0.4 is 0 Å². The molecule has 0 aromatic rings. The van der Waals surface area contributed by atoms with Gasteiger partial charge in [0.1, 0.15) is 11.2 Å². The van der Waals surface area contributed by atoms with Gasteiger partial charge in [-0.05, 0) is 78.9 Å². The number of hydrogen-bond donors (Lipinski definition) is 0. The summed E-state index contributed by atoms with van der Waals surface area (Å²) in [6, 6.07) is -0.0129. The number of esters is 1. The van der Waals surface area contributed by atoms with Crippen molar-refractivity contribution in [2.45, 2.75) is 103 Å². The zero-order valence-corrected chi connectivity index (χ0v) is 19.8. The molecule has 0 aliphatic carbocycles. The average Bonchev–Trinajstić information content (AvgIpc) is 3.02. The van der Waals surface area contributed by atoms with Crippen LogP contribution in [0.4, 0.5) is 4.79 Å². The van der Waals surface area contributed by atoms with Gasteiger partial charge in [-0.2, -0.15) is 11.8 Å². The third-order valence-corrected chi connectivity index (χ3v) is 7.57. The monoisotopic (exact) mass is 413 g/mol. The summed E-state index contributed by atoms with van der Waals surface area (Å²) >= 11 is 1.97. The SMILES string of the molecule is CC(C)C1(C2CC(C(=O)OC(C)(C)C)CCN2C(=O)OC(C)(C)C)CCCS1. The van der Waals surface area contributed by atoms with Gasteiger partial charge in [-0.25, -0.2) is 4.79 Å². The first kappa shape index (κ1) is 23.4. The predicted molar refractivity (Wildman–Crippen MR) is 115 cm³/mol. The van der Waals surface area contributed by atoms with Crippen molar-refractivity contribution in [3.63, 3.8) is 0 Å². The van der Waals surface area contributed by atoms with Gasteiger partial charge in [0.15, 0.2) is 0 Å². The number of thioether (sulfide) groups is 1. The molecule has 0 spiro atoms. The van der Waals surface area contributed by atoms with Crippen molar-refractivity contribution in [1.29, 1.82) is 0 Å². The Kier molecular flexibility index (Phi) is 7.05. The largest absolute Gasteiger partial charge is 0.460 e. The molecule has 2 rings (SSSR count). The number of nitrogens with zero attached hydrogens (tertiary/aromatic N) is 1. The van der Waals surface area contributed by atoms with Crippen molar-refractivity contribution >= 4 is 23.8 Å². The molecule has 2 aliphatic rings. The molecule has 2 fully saturated rings. The summed E-state index contributed by atoms with van der Waals surface area (Å²) in [5, 5.41) is 0. The fraction of sp³-hybridized carbons (Fsp3) is 0.909. The molecule has 5 nitrogen and oxygen atoms in total. The number of amides is 1. The fourth-order valence-corrected chi connectivity index (χ4v) is 6.06. The summed E-state index contributed by atoms with van der Waals surface area (Å²) in [5.41, 5.74) is -1.02. The molecule has 6 heteroatoms. The van der Waals surface area contributed by atoms with Crippen LogP contribution in [0.2, 0.25) is 0 Å². The minimum atomic E-state index is -0.530. The van der Waals surface area contributed by atoms with E-state index in [1.165, 1.54) is 0 Å². The maximum absolute atomic E-state index is 13.0. The Bertz CT molecular complexity index is 570. The lowest BCUT2D eigenvalue weighted by molar-refractivity contribution is -0.162. The standard InChI is InChI=1S/C22H39NO4S/c1-15(2)22(11-9-13-28-22)17-14-16(18(24)26-20(3,4)5)10-12-23(17)19(25)27-21(6,7)8/h15-17H,9-14H2,1-8H3. The molecule has 2 saturated heterocycles. The van der Waals surface area contributed by atoms with E-state index in [0.717, 1.165) is 18.6 Å². The van der Waals surface area contributed by atoms with Gasteiger partial charge in [0, 0.05) is 11.3 Å². The van der Waals surface area contributed by atoms with Gasteiger partial charge in [0.05, 0.1) is 12.0 Å². The van der Waals surface area contributed by atoms with Crippen molar-refractivity contribution < 1.29 is 19.1 Å². The highest BCUT2D eigenvalue weighted by atomic mass is 32.2. The quantitative estimate of drug-likeness (QED) is 0.590. The van der Waals surface area contributed by atoms with Gasteiger partial charge >= 0.3 is 12.1 Å². The maximum Gasteiger partial charge on any atom is 0.410 e. The van der Waals surface area contributed by atoms with Crippen LogP contribution in [-0.2, 0) is 14.3 Å². The van der Waals surface area contributed by atoms with E-state index in [1.807, 2.05) is 58.2 Å². The number of rotatable bonds is 3. The fourth-order valence-electron chi connectivity index (χ4n) is 4.35. The number of likely N-dealkylation sites (tertiary alicyclic amines) is 1. The Labute approximate surface area is 175 Å². The van der Waals surface area contributed by atoms with Crippen LogP contribution in [0.5, 0.6) is 0 Å². The molecule has 0 aromatic heterocycles. The molecule has 0 saturated carbocycles. The summed E-state index contributed by atoms with van der Waals surface area (Å²) in [5.74, 6) is 1.21. The zero-order chi connectivity index (χ0) is 21.3. The molecule has 2 heterocycles. The van der Waals surface area contributed by atoms with E-state index >= 15 is 0 Å². The first-order valence-electron chi connectivity index (χ1n) is 10.6. The van der Waals surface area contributed by atoms with Crippen LogP contribution >= 0.6 is 11.8 Å². The summed E-state index contributed by atoms with van der Waals surface area (Å²) in [7, 11) is 0. The third kappa shape index (κ3) is 5.58. The van der Waals surface area contributed by atoms with E-state index in [2.05, 4.69) is 13.8 Å². The normalized spacial score (nSPS) is 29.1. The van der Waals surface area contributed by atoms with E-state index in [9.17, 15) is 9.59 Å². The molecule has 0 aromatic carbocycles. The smallest absolute Gasteiger partial charge is 0.410 e. The highest BCUT2D eigenvalue weighted by molar-refractivity contribution is 8.01. The van der Waals surface area contributed by atoms with Crippen LogP contribution in [0, 0.1) is 11.8 Å². The van der Waals surface area contributed by atoms with Crippen molar-refractivity contribution in [1.82, 2.24) is 4.90 Å². The lowest BCUT2D eigenvalue weighted by Crippen LogP contribution is -2.59. The van der Waals surface area contributed by atoms with Crippen molar-refractivity contribution in [2.75, 3.05) is 12.3 Å². The van der Waals surface area contributed by atoms with E-state index in [0.29, 0.717) is 25.3 Å². The highest BCUT2D eigenvalue weighted by Gasteiger charge is 2.52. The second-order valence-electron chi connectivity index (χ2n) is 10.5. The maximum atomic E-state index is 13.0. The molecule has 0 N–H and O–H groups in total. The molecule has 0 bridgehead atoms. The molecule has 2 aliphatic heterocycles. The summed E-state index contributed by atoms with van der Waals surface area (Å²) in [6.45, 7) is 16.4. The Hall–Kier alpha value is -0.910. The van der Waals surface area contributed by atoms with E-state index in [4.69, 9.17) is 9.47 Å². The Morgan fingerprint density at radius 1 is 1.07 bits per heavy atom. The topological polar surface area (TPSA) is 55.8 Å². The number of carbonyl (C=O) groups excluding carboxylic acids is 2. The summed E-state index contributed by atoms with van der Waals surface area (Å²) in [6.07, 6.45) is 3.24. The summed E-state index contributed by atoms with van der Waals surface area (Å²) < 4.78 is 11.4. The molecule has 1 amide bonds. The van der Waals surface area contributed by atoms with Crippen LogP contribution in [0.15, 0.2) is 0 Å².